The summed E-state index contributed by atoms with van der Waals surface area (Å²) in [5, 5.41) is 9.22. The van der Waals surface area contributed by atoms with E-state index in [0.717, 1.165) is 6.54 Å². The molecule has 0 radical (unpaired) electrons. The molecular formula is C9H16FNO2. The number of hydrogen-bond acceptors (Lipinski definition) is 3. The minimum absolute atomic E-state index is 0.0183. The van der Waals surface area contributed by atoms with Gasteiger partial charge in [-0.25, -0.2) is 4.39 Å². The van der Waals surface area contributed by atoms with Gasteiger partial charge in [0.15, 0.2) is 0 Å². The number of piperidine rings is 1. The molecule has 2 fully saturated rings. The summed E-state index contributed by atoms with van der Waals surface area (Å²) < 4.78 is 18.3. The molecule has 2 aliphatic rings. The minimum atomic E-state index is -1.09. The van der Waals surface area contributed by atoms with E-state index in [2.05, 4.69) is 11.8 Å². The number of ether oxygens (including phenoxy) is 1. The average Bonchev–Trinajstić information content (AvgIpc) is 2.06. The van der Waals surface area contributed by atoms with Crippen molar-refractivity contribution in [3.05, 3.63) is 0 Å². The lowest BCUT2D eigenvalue weighted by Gasteiger charge is -2.49. The summed E-state index contributed by atoms with van der Waals surface area (Å²) in [7, 11) is 0. The van der Waals surface area contributed by atoms with E-state index in [1.165, 1.54) is 0 Å². The van der Waals surface area contributed by atoms with E-state index in [1.54, 1.807) is 0 Å². The summed E-state index contributed by atoms with van der Waals surface area (Å²) >= 11 is 0. The normalized spacial score (nSPS) is 39.9. The minimum Gasteiger partial charge on any atom is -0.390 e. The van der Waals surface area contributed by atoms with Crippen molar-refractivity contribution in [3.63, 3.8) is 0 Å². The van der Waals surface area contributed by atoms with E-state index in [1.807, 2.05) is 0 Å². The lowest BCUT2D eigenvalue weighted by atomic mass is 9.93. The quantitative estimate of drug-likeness (QED) is 0.638. The van der Waals surface area contributed by atoms with Crippen molar-refractivity contribution in [2.24, 2.45) is 0 Å². The maximum atomic E-state index is 13.2. The van der Waals surface area contributed by atoms with Gasteiger partial charge in [-0.2, -0.15) is 0 Å². The second kappa shape index (κ2) is 3.19. The van der Waals surface area contributed by atoms with Gasteiger partial charge in [-0.1, -0.05) is 0 Å². The lowest BCUT2D eigenvalue weighted by molar-refractivity contribution is -0.152. The number of alkyl halides is 1. The summed E-state index contributed by atoms with van der Waals surface area (Å²) in [6.07, 6.45) is -1.32. The largest absolute Gasteiger partial charge is 0.390 e. The van der Waals surface area contributed by atoms with Gasteiger partial charge in [-0.15, -0.1) is 0 Å². The van der Waals surface area contributed by atoms with Gasteiger partial charge in [-0.05, 0) is 13.3 Å². The van der Waals surface area contributed by atoms with E-state index >= 15 is 0 Å². The maximum Gasteiger partial charge on any atom is 0.139 e. The fourth-order valence-corrected chi connectivity index (χ4v) is 1.96. The van der Waals surface area contributed by atoms with Gasteiger partial charge < -0.3 is 9.84 Å². The third-order valence-corrected chi connectivity index (χ3v) is 3.10. The Morgan fingerprint density at radius 1 is 1.54 bits per heavy atom. The molecule has 2 heterocycles. The molecule has 2 unspecified atom stereocenters. The van der Waals surface area contributed by atoms with Crippen LogP contribution in [-0.2, 0) is 4.74 Å². The van der Waals surface area contributed by atoms with E-state index in [-0.39, 0.29) is 5.54 Å². The fourth-order valence-electron chi connectivity index (χ4n) is 1.96. The van der Waals surface area contributed by atoms with Gasteiger partial charge in [0.2, 0.25) is 0 Å². The third kappa shape index (κ3) is 1.58. The van der Waals surface area contributed by atoms with Crippen molar-refractivity contribution >= 4 is 0 Å². The van der Waals surface area contributed by atoms with Crippen LogP contribution in [0.15, 0.2) is 0 Å². The van der Waals surface area contributed by atoms with Crippen molar-refractivity contribution in [2.45, 2.75) is 31.2 Å². The molecule has 1 N–H and O–H groups in total. The van der Waals surface area contributed by atoms with Crippen molar-refractivity contribution in [2.75, 3.05) is 26.3 Å². The van der Waals surface area contributed by atoms with Crippen LogP contribution in [0.4, 0.5) is 4.39 Å². The molecule has 2 rings (SSSR count). The van der Waals surface area contributed by atoms with Crippen molar-refractivity contribution in [3.8, 4) is 0 Å². The molecule has 2 aliphatic heterocycles. The van der Waals surface area contributed by atoms with Crippen LogP contribution >= 0.6 is 0 Å². The predicted molar refractivity (Wildman–Crippen MR) is 46.3 cm³/mol. The molecule has 13 heavy (non-hydrogen) atoms. The Balaban J connectivity index is 1.94. The molecule has 2 saturated heterocycles. The summed E-state index contributed by atoms with van der Waals surface area (Å²) in [6.45, 7) is 4.59. The van der Waals surface area contributed by atoms with E-state index in [0.29, 0.717) is 26.2 Å². The van der Waals surface area contributed by atoms with E-state index in [4.69, 9.17) is 4.74 Å². The number of aliphatic hydroxyl groups excluding tert-OH is 1. The average molecular weight is 189 g/mol. The molecule has 0 bridgehead atoms. The Morgan fingerprint density at radius 3 is 2.69 bits per heavy atom. The number of hydrogen-bond donors (Lipinski definition) is 1. The topological polar surface area (TPSA) is 32.7 Å². The SMILES string of the molecule is CC1(N2CCC(O)C(F)C2)COC1. The predicted octanol–water partition coefficient (Wildman–Crippen LogP) is 0.180. The molecule has 0 spiro atoms. The summed E-state index contributed by atoms with van der Waals surface area (Å²) in [5.74, 6) is 0. The standard InChI is InChI=1S/C9H16FNO2/c1-9(5-13-6-9)11-3-2-8(12)7(10)4-11/h7-8,12H,2-6H2,1H3. The van der Waals surface area contributed by atoms with Gasteiger partial charge >= 0.3 is 0 Å². The van der Waals surface area contributed by atoms with Crippen molar-refractivity contribution < 1.29 is 14.2 Å². The molecule has 0 amide bonds. The van der Waals surface area contributed by atoms with Gasteiger partial charge in [0.05, 0.1) is 24.9 Å². The number of halogens is 1. The first-order valence-electron chi connectivity index (χ1n) is 4.77. The highest BCUT2D eigenvalue weighted by Crippen LogP contribution is 2.28. The highest BCUT2D eigenvalue weighted by Gasteiger charge is 2.43. The van der Waals surface area contributed by atoms with Gasteiger partial charge in [-0.3, -0.25) is 4.90 Å². The van der Waals surface area contributed by atoms with Crippen LogP contribution in [0.25, 0.3) is 0 Å². The lowest BCUT2D eigenvalue weighted by Crippen LogP contribution is -2.64. The molecule has 0 aromatic heterocycles. The summed E-state index contributed by atoms with van der Waals surface area (Å²) in [5.41, 5.74) is 0.0183. The zero-order valence-electron chi connectivity index (χ0n) is 7.87. The van der Waals surface area contributed by atoms with E-state index < -0.39 is 12.3 Å². The van der Waals surface area contributed by atoms with Crippen LogP contribution in [0.2, 0.25) is 0 Å². The Labute approximate surface area is 77.5 Å². The molecule has 0 aliphatic carbocycles. The fraction of sp³-hybridized carbons (Fsp3) is 1.00. The summed E-state index contributed by atoms with van der Waals surface area (Å²) in [6, 6.07) is 0. The van der Waals surface area contributed by atoms with Crippen LogP contribution in [-0.4, -0.2) is 54.1 Å². The van der Waals surface area contributed by atoms with Crippen molar-refractivity contribution in [1.82, 2.24) is 4.90 Å². The zero-order valence-corrected chi connectivity index (χ0v) is 7.87. The number of nitrogens with zero attached hydrogens (tertiary/aromatic N) is 1. The molecule has 76 valence electrons. The van der Waals surface area contributed by atoms with Crippen LogP contribution in [0.1, 0.15) is 13.3 Å². The van der Waals surface area contributed by atoms with Crippen LogP contribution < -0.4 is 0 Å². The monoisotopic (exact) mass is 189 g/mol. The number of likely N-dealkylation sites (tertiary alicyclic amines) is 1. The molecule has 0 aromatic rings. The molecular weight excluding hydrogens is 173 g/mol. The number of rotatable bonds is 1. The van der Waals surface area contributed by atoms with Crippen LogP contribution in [0.5, 0.6) is 0 Å². The highest BCUT2D eigenvalue weighted by molar-refractivity contribution is 4.96. The van der Waals surface area contributed by atoms with E-state index in [9.17, 15) is 9.50 Å². The molecule has 0 saturated carbocycles. The first kappa shape index (κ1) is 9.37. The van der Waals surface area contributed by atoms with Gasteiger partial charge in [0, 0.05) is 13.1 Å². The zero-order chi connectivity index (χ0) is 9.47. The third-order valence-electron chi connectivity index (χ3n) is 3.10. The highest BCUT2D eigenvalue weighted by atomic mass is 19.1. The Hall–Kier alpha value is -0.190. The summed E-state index contributed by atoms with van der Waals surface area (Å²) in [4.78, 5) is 2.09. The van der Waals surface area contributed by atoms with Crippen LogP contribution in [0.3, 0.4) is 0 Å². The van der Waals surface area contributed by atoms with Crippen molar-refractivity contribution in [1.29, 1.82) is 0 Å². The second-order valence-corrected chi connectivity index (χ2v) is 4.31. The Morgan fingerprint density at radius 2 is 2.23 bits per heavy atom. The van der Waals surface area contributed by atoms with Crippen LogP contribution in [0, 0.1) is 0 Å². The smallest absolute Gasteiger partial charge is 0.139 e. The molecule has 3 nitrogen and oxygen atoms in total. The Bertz CT molecular complexity index is 196. The van der Waals surface area contributed by atoms with Gasteiger partial charge in [0.25, 0.3) is 0 Å². The number of aliphatic hydroxyl groups is 1. The Kier molecular flexibility index (Phi) is 2.30. The molecule has 2 atom stereocenters. The maximum absolute atomic E-state index is 13.2. The second-order valence-electron chi connectivity index (χ2n) is 4.31. The first-order valence-corrected chi connectivity index (χ1v) is 4.77. The van der Waals surface area contributed by atoms with Gasteiger partial charge in [0.1, 0.15) is 6.17 Å². The first-order chi connectivity index (χ1) is 6.12. The molecule has 0 aromatic carbocycles. The molecule has 4 heteroatoms.